The molecule has 0 radical (unpaired) electrons. The van der Waals surface area contributed by atoms with Crippen molar-refractivity contribution in [3.8, 4) is 0 Å². The molecular weight excluding hydrogens is 296 g/mol. The summed E-state index contributed by atoms with van der Waals surface area (Å²) < 4.78 is 0. The van der Waals surface area contributed by atoms with Crippen LogP contribution in [0.25, 0.3) is 10.9 Å². The summed E-state index contributed by atoms with van der Waals surface area (Å²) in [5.74, 6) is -0.853. The monoisotopic (exact) mass is 316 g/mol. The molecule has 4 N–H and O–H groups in total. The zero-order chi connectivity index (χ0) is 16.7. The van der Waals surface area contributed by atoms with E-state index in [2.05, 4.69) is 20.9 Å². The van der Waals surface area contributed by atoms with Crippen molar-refractivity contribution in [2.75, 3.05) is 26.7 Å². The predicted molar refractivity (Wildman–Crippen MR) is 88.5 cm³/mol. The Hall–Kier alpha value is -2.67. The number of pyridine rings is 1. The van der Waals surface area contributed by atoms with Gasteiger partial charge in [-0.15, -0.1) is 0 Å². The molecule has 0 saturated heterocycles. The second-order valence-electron chi connectivity index (χ2n) is 5.07. The number of hydrogen-bond acceptors (Lipinski definition) is 4. The predicted octanol–water partition coefficient (Wildman–Crippen LogP) is -0.0164. The molecule has 122 valence electrons. The lowest BCUT2D eigenvalue weighted by atomic mass is 10.1. The van der Waals surface area contributed by atoms with Crippen LogP contribution in [0.5, 0.6) is 0 Å². The van der Waals surface area contributed by atoms with Crippen molar-refractivity contribution < 1.29 is 9.59 Å². The van der Waals surface area contributed by atoms with Gasteiger partial charge in [0.25, 0.3) is 5.91 Å². The minimum absolute atomic E-state index is 0.00770. The number of hydrogen-bond donors (Lipinski definition) is 4. The largest absolute Gasteiger partial charge is 0.360 e. The highest BCUT2D eigenvalue weighted by Crippen LogP contribution is 2.06. The van der Waals surface area contributed by atoms with Crippen LogP contribution in [-0.4, -0.2) is 43.5 Å². The van der Waals surface area contributed by atoms with Crippen molar-refractivity contribution in [1.29, 1.82) is 0 Å². The first kappa shape index (κ1) is 16.7. The number of benzene rings is 1. The van der Waals surface area contributed by atoms with Gasteiger partial charge in [0.2, 0.25) is 11.3 Å². The van der Waals surface area contributed by atoms with Crippen LogP contribution in [0.15, 0.2) is 35.3 Å². The van der Waals surface area contributed by atoms with Crippen LogP contribution in [0.1, 0.15) is 16.8 Å². The number of H-pyrrole nitrogens is 1. The van der Waals surface area contributed by atoms with Gasteiger partial charge in [-0.25, -0.2) is 0 Å². The molecule has 0 saturated carbocycles. The van der Waals surface area contributed by atoms with Crippen LogP contribution >= 0.6 is 0 Å². The minimum Gasteiger partial charge on any atom is -0.360 e. The fourth-order valence-corrected chi connectivity index (χ4v) is 2.15. The number of fused-ring (bicyclic) bond motifs is 1. The van der Waals surface area contributed by atoms with Gasteiger partial charge in [-0.3, -0.25) is 14.4 Å². The van der Waals surface area contributed by atoms with Crippen molar-refractivity contribution in [2.45, 2.75) is 6.42 Å². The van der Waals surface area contributed by atoms with Crippen LogP contribution in [0.2, 0.25) is 0 Å². The molecule has 1 aromatic carbocycles. The number of aromatic nitrogens is 1. The summed E-state index contributed by atoms with van der Waals surface area (Å²) in [4.78, 5) is 38.9. The van der Waals surface area contributed by atoms with Crippen molar-refractivity contribution in [3.63, 3.8) is 0 Å². The number of carbonyl (C=O) groups is 2. The van der Waals surface area contributed by atoms with Gasteiger partial charge in [0.15, 0.2) is 0 Å². The Morgan fingerprint density at radius 1 is 1.13 bits per heavy atom. The molecule has 7 nitrogen and oxygen atoms in total. The van der Waals surface area contributed by atoms with Crippen LogP contribution in [0.4, 0.5) is 0 Å². The second kappa shape index (κ2) is 8.09. The van der Waals surface area contributed by atoms with Gasteiger partial charge in [0, 0.05) is 23.6 Å². The Morgan fingerprint density at radius 2 is 1.91 bits per heavy atom. The zero-order valence-corrected chi connectivity index (χ0v) is 12.9. The van der Waals surface area contributed by atoms with E-state index < -0.39 is 5.91 Å². The average Bonchev–Trinajstić information content (AvgIpc) is 2.57. The number of para-hydroxylation sites is 1. The lowest BCUT2D eigenvalue weighted by molar-refractivity contribution is -0.120. The highest BCUT2D eigenvalue weighted by Gasteiger charge is 2.13. The van der Waals surface area contributed by atoms with Gasteiger partial charge in [-0.2, -0.15) is 0 Å². The molecule has 1 aromatic heterocycles. The lowest BCUT2D eigenvalue weighted by Crippen LogP contribution is -2.39. The zero-order valence-electron chi connectivity index (χ0n) is 12.9. The van der Waals surface area contributed by atoms with Crippen LogP contribution < -0.4 is 21.4 Å². The molecule has 7 heteroatoms. The Balaban J connectivity index is 1.95. The molecule has 0 fully saturated rings. The fraction of sp³-hybridized carbons (Fsp3) is 0.312. The Morgan fingerprint density at radius 3 is 2.70 bits per heavy atom. The topological polar surface area (TPSA) is 103 Å². The van der Waals surface area contributed by atoms with Crippen molar-refractivity contribution in [2.24, 2.45) is 0 Å². The maximum atomic E-state index is 12.3. The SMILES string of the molecule is CNCCCNC(=O)CNC(=O)c1c[nH]c2ccccc2c1=O. The summed E-state index contributed by atoms with van der Waals surface area (Å²) >= 11 is 0. The molecule has 23 heavy (non-hydrogen) atoms. The molecule has 2 rings (SSSR count). The molecule has 0 aliphatic carbocycles. The maximum absolute atomic E-state index is 12.3. The van der Waals surface area contributed by atoms with Gasteiger partial charge < -0.3 is 20.9 Å². The Kier molecular flexibility index (Phi) is 5.87. The smallest absolute Gasteiger partial charge is 0.257 e. The van der Waals surface area contributed by atoms with Crippen molar-refractivity contribution in [3.05, 3.63) is 46.2 Å². The van der Waals surface area contributed by atoms with E-state index in [1.54, 1.807) is 24.3 Å². The van der Waals surface area contributed by atoms with Gasteiger partial charge in [0.1, 0.15) is 5.56 Å². The highest BCUT2D eigenvalue weighted by molar-refractivity contribution is 5.98. The molecule has 0 aliphatic heterocycles. The number of carbonyl (C=O) groups excluding carboxylic acids is 2. The summed E-state index contributed by atoms with van der Waals surface area (Å²) in [7, 11) is 1.84. The fourth-order valence-electron chi connectivity index (χ4n) is 2.15. The van der Waals surface area contributed by atoms with Crippen molar-refractivity contribution >= 4 is 22.7 Å². The van der Waals surface area contributed by atoms with Gasteiger partial charge in [-0.1, -0.05) is 12.1 Å². The number of rotatable bonds is 7. The summed E-state index contributed by atoms with van der Waals surface area (Å²) in [6.07, 6.45) is 2.17. The quantitative estimate of drug-likeness (QED) is 0.539. The van der Waals surface area contributed by atoms with E-state index in [0.29, 0.717) is 17.4 Å². The van der Waals surface area contributed by atoms with Gasteiger partial charge >= 0.3 is 0 Å². The van der Waals surface area contributed by atoms with Gasteiger partial charge in [-0.05, 0) is 32.1 Å². The summed E-state index contributed by atoms with van der Waals surface area (Å²) in [5, 5.41) is 8.56. The Bertz CT molecular complexity index is 754. The molecule has 2 amide bonds. The molecule has 0 atom stereocenters. The highest BCUT2D eigenvalue weighted by atomic mass is 16.2. The molecule has 0 bridgehead atoms. The van der Waals surface area contributed by atoms with E-state index in [9.17, 15) is 14.4 Å². The summed E-state index contributed by atoms with van der Waals surface area (Å²) in [6.45, 7) is 1.18. The number of amides is 2. The minimum atomic E-state index is -0.567. The first-order valence-electron chi connectivity index (χ1n) is 7.43. The summed E-state index contributed by atoms with van der Waals surface area (Å²) in [5.41, 5.74) is 0.300. The molecule has 2 aromatic rings. The third-order valence-electron chi connectivity index (χ3n) is 3.37. The molecule has 1 heterocycles. The lowest BCUT2D eigenvalue weighted by Gasteiger charge is -2.07. The molecule has 0 unspecified atom stereocenters. The van der Waals surface area contributed by atoms with E-state index in [4.69, 9.17) is 0 Å². The van der Waals surface area contributed by atoms with E-state index in [1.807, 2.05) is 7.05 Å². The van der Waals surface area contributed by atoms with E-state index in [-0.39, 0.29) is 23.4 Å². The Labute approximate surface area is 133 Å². The van der Waals surface area contributed by atoms with Crippen LogP contribution in [0, 0.1) is 0 Å². The number of aromatic amines is 1. The van der Waals surface area contributed by atoms with E-state index in [0.717, 1.165) is 13.0 Å². The van der Waals surface area contributed by atoms with E-state index >= 15 is 0 Å². The third kappa shape index (κ3) is 4.40. The molecule has 0 spiro atoms. The van der Waals surface area contributed by atoms with Gasteiger partial charge in [0.05, 0.1) is 6.54 Å². The first-order valence-corrected chi connectivity index (χ1v) is 7.43. The maximum Gasteiger partial charge on any atom is 0.257 e. The standard InChI is InChI=1S/C16H20N4O3/c1-17-7-4-8-18-14(21)10-20-16(23)12-9-19-13-6-3-2-5-11(13)15(12)22/h2-3,5-6,9,17H,4,7-8,10H2,1H3,(H,18,21)(H,19,22)(H,20,23). The first-order chi connectivity index (χ1) is 11.1. The van der Waals surface area contributed by atoms with Crippen molar-refractivity contribution in [1.82, 2.24) is 20.9 Å². The second-order valence-corrected chi connectivity index (χ2v) is 5.07. The summed E-state index contributed by atoms with van der Waals surface area (Å²) in [6, 6.07) is 6.95. The molecule has 0 aliphatic rings. The number of nitrogens with one attached hydrogen (secondary N) is 4. The third-order valence-corrected chi connectivity index (χ3v) is 3.37. The van der Waals surface area contributed by atoms with Crippen LogP contribution in [0.3, 0.4) is 0 Å². The van der Waals surface area contributed by atoms with E-state index in [1.165, 1.54) is 6.20 Å². The van der Waals surface area contributed by atoms with Crippen LogP contribution in [-0.2, 0) is 4.79 Å². The normalized spacial score (nSPS) is 10.5. The average molecular weight is 316 g/mol. The molecular formula is C16H20N4O3.